The Labute approximate surface area is 192 Å². The van der Waals surface area contributed by atoms with E-state index in [0.717, 1.165) is 37.7 Å². The molecule has 170 valence electrons. The number of piperidine rings is 1. The van der Waals surface area contributed by atoms with Crippen molar-refractivity contribution < 1.29 is 4.79 Å². The van der Waals surface area contributed by atoms with Crippen molar-refractivity contribution in [2.45, 2.75) is 65.5 Å². The predicted molar refractivity (Wildman–Crippen MR) is 133 cm³/mol. The second kappa shape index (κ2) is 10.4. The fourth-order valence-electron chi connectivity index (χ4n) is 5.16. The molecule has 1 atom stereocenters. The molecule has 2 heterocycles. The van der Waals surface area contributed by atoms with Crippen molar-refractivity contribution in [2.24, 2.45) is 0 Å². The van der Waals surface area contributed by atoms with Crippen LogP contribution in [0, 0.1) is 13.8 Å². The van der Waals surface area contributed by atoms with Gasteiger partial charge >= 0.3 is 0 Å². The summed E-state index contributed by atoms with van der Waals surface area (Å²) < 4.78 is 2.35. The van der Waals surface area contributed by atoms with Crippen molar-refractivity contribution in [1.29, 1.82) is 0 Å². The first kappa shape index (κ1) is 22.6. The molecule has 0 radical (unpaired) electrons. The summed E-state index contributed by atoms with van der Waals surface area (Å²) >= 11 is 0. The van der Waals surface area contributed by atoms with Crippen molar-refractivity contribution >= 4 is 16.8 Å². The summed E-state index contributed by atoms with van der Waals surface area (Å²) in [6, 6.07) is 17.4. The molecule has 0 spiro atoms. The molecule has 1 unspecified atom stereocenters. The Balaban J connectivity index is 1.40. The second-order valence-corrected chi connectivity index (χ2v) is 9.22. The maximum atomic E-state index is 12.8. The summed E-state index contributed by atoms with van der Waals surface area (Å²) in [6.07, 6.45) is 6.24. The molecule has 4 heteroatoms. The number of carbonyl (C=O) groups excluding carboxylic acids is 1. The lowest BCUT2D eigenvalue weighted by atomic mass is 10.00. The molecule has 32 heavy (non-hydrogen) atoms. The van der Waals surface area contributed by atoms with E-state index in [9.17, 15) is 4.79 Å². The Hall–Kier alpha value is -2.59. The molecule has 0 bridgehead atoms. The summed E-state index contributed by atoms with van der Waals surface area (Å²) in [4.78, 5) is 15.4. The normalized spacial score (nSPS) is 17.0. The van der Waals surface area contributed by atoms with Gasteiger partial charge < -0.3 is 14.8 Å². The molecule has 1 aromatic heterocycles. The van der Waals surface area contributed by atoms with Gasteiger partial charge in [0, 0.05) is 47.8 Å². The zero-order valence-corrected chi connectivity index (χ0v) is 19.9. The summed E-state index contributed by atoms with van der Waals surface area (Å²) in [5, 5.41) is 4.32. The quantitative estimate of drug-likeness (QED) is 0.465. The number of amides is 1. The molecule has 4 rings (SSSR count). The summed E-state index contributed by atoms with van der Waals surface area (Å²) in [5.74, 6) is 0.0328. The van der Waals surface area contributed by atoms with E-state index in [0.29, 0.717) is 0 Å². The number of rotatable bonds is 8. The molecule has 1 N–H and O–H groups in total. The fraction of sp³-hybridized carbons (Fsp3) is 0.464. The maximum absolute atomic E-state index is 12.8. The first-order valence-electron chi connectivity index (χ1n) is 12.2. The molecule has 4 nitrogen and oxygen atoms in total. The van der Waals surface area contributed by atoms with Crippen molar-refractivity contribution in [1.82, 2.24) is 14.8 Å². The smallest absolute Gasteiger partial charge is 0.251 e. The lowest BCUT2D eigenvalue weighted by Crippen LogP contribution is -2.40. The number of likely N-dealkylation sites (tertiary alicyclic amines) is 1. The van der Waals surface area contributed by atoms with E-state index in [4.69, 9.17) is 0 Å². The highest BCUT2D eigenvalue weighted by Gasteiger charge is 2.20. The Kier molecular flexibility index (Phi) is 7.31. The van der Waals surface area contributed by atoms with Gasteiger partial charge in [0.25, 0.3) is 5.91 Å². The third-order valence-electron chi connectivity index (χ3n) is 7.21. The van der Waals surface area contributed by atoms with E-state index in [1.807, 2.05) is 6.07 Å². The minimum atomic E-state index is 0.0328. The summed E-state index contributed by atoms with van der Waals surface area (Å²) in [6.45, 7) is 10.5. The van der Waals surface area contributed by atoms with Crippen LogP contribution in [0.5, 0.6) is 0 Å². The number of carbonyl (C=O) groups is 1. The number of aryl methyl sites for hydroxylation is 1. The minimum Gasteiger partial charge on any atom is -0.352 e. The van der Waals surface area contributed by atoms with E-state index in [1.165, 1.54) is 60.0 Å². The predicted octanol–water partition coefficient (Wildman–Crippen LogP) is 5.69. The van der Waals surface area contributed by atoms with Gasteiger partial charge in [-0.15, -0.1) is 0 Å². The highest BCUT2D eigenvalue weighted by molar-refractivity contribution is 5.99. The topological polar surface area (TPSA) is 37.3 Å². The Morgan fingerprint density at radius 2 is 1.91 bits per heavy atom. The van der Waals surface area contributed by atoms with Crippen LogP contribution in [0.4, 0.5) is 0 Å². The van der Waals surface area contributed by atoms with Gasteiger partial charge in [-0.3, -0.25) is 4.79 Å². The van der Waals surface area contributed by atoms with Crippen LogP contribution in [0.3, 0.4) is 0 Å². The lowest BCUT2D eigenvalue weighted by Gasteiger charge is -2.35. The molecule has 0 saturated carbocycles. The van der Waals surface area contributed by atoms with Crippen LogP contribution in [0.25, 0.3) is 10.9 Å². The van der Waals surface area contributed by atoms with Crippen LogP contribution in [0.1, 0.15) is 66.2 Å². The first-order valence-corrected chi connectivity index (χ1v) is 12.2. The Morgan fingerprint density at radius 3 is 2.69 bits per heavy atom. The molecule has 1 saturated heterocycles. The van der Waals surface area contributed by atoms with Gasteiger partial charge in [-0.2, -0.15) is 0 Å². The highest BCUT2D eigenvalue weighted by atomic mass is 16.1. The third kappa shape index (κ3) is 4.91. The van der Waals surface area contributed by atoms with Gasteiger partial charge in [0.15, 0.2) is 0 Å². The highest BCUT2D eigenvalue weighted by Crippen LogP contribution is 2.27. The average Bonchev–Trinajstić information content (AvgIpc) is 3.07. The van der Waals surface area contributed by atoms with Crippen molar-refractivity contribution in [3.63, 3.8) is 0 Å². The van der Waals surface area contributed by atoms with Gasteiger partial charge in [-0.25, -0.2) is 0 Å². The maximum Gasteiger partial charge on any atom is 0.251 e. The largest absolute Gasteiger partial charge is 0.352 e. The van der Waals surface area contributed by atoms with Crippen LogP contribution < -0.4 is 5.32 Å². The number of aromatic nitrogens is 1. The Bertz CT molecular complexity index is 1050. The van der Waals surface area contributed by atoms with Crippen LogP contribution in [0.2, 0.25) is 0 Å². The number of hydrogen-bond acceptors (Lipinski definition) is 2. The molecule has 1 aliphatic rings. The van der Waals surface area contributed by atoms with Crippen molar-refractivity contribution in [2.75, 3.05) is 19.6 Å². The zero-order valence-electron chi connectivity index (χ0n) is 19.9. The summed E-state index contributed by atoms with van der Waals surface area (Å²) in [5.41, 5.74) is 5.74. The third-order valence-corrected chi connectivity index (χ3v) is 7.21. The number of fused-ring (bicyclic) bond motifs is 1. The van der Waals surface area contributed by atoms with E-state index >= 15 is 0 Å². The van der Waals surface area contributed by atoms with E-state index in [1.54, 1.807) is 0 Å². The Morgan fingerprint density at radius 1 is 1.09 bits per heavy atom. The standard InChI is InChI=1S/C28H37N3O/c1-4-25-13-8-9-17-30(25)18-10-16-29-28(32)24-14-15-27-26(19-24)21(2)22(3)31(27)20-23-11-6-5-7-12-23/h5-7,11-12,14-15,19,25H,4,8-10,13,16-18,20H2,1-3H3,(H,29,32). The molecule has 1 fully saturated rings. The van der Waals surface area contributed by atoms with Gasteiger partial charge in [0.05, 0.1) is 0 Å². The van der Waals surface area contributed by atoms with Crippen molar-refractivity contribution in [3.8, 4) is 0 Å². The number of benzene rings is 2. The molecule has 1 aliphatic heterocycles. The number of nitrogens with one attached hydrogen (secondary N) is 1. The van der Waals surface area contributed by atoms with Gasteiger partial charge in [-0.05, 0) is 75.4 Å². The monoisotopic (exact) mass is 431 g/mol. The summed E-state index contributed by atoms with van der Waals surface area (Å²) in [7, 11) is 0. The van der Waals surface area contributed by atoms with Crippen LogP contribution in [0.15, 0.2) is 48.5 Å². The first-order chi connectivity index (χ1) is 15.6. The van der Waals surface area contributed by atoms with E-state index in [-0.39, 0.29) is 5.91 Å². The number of nitrogens with zero attached hydrogens (tertiary/aromatic N) is 2. The van der Waals surface area contributed by atoms with E-state index < -0.39 is 0 Å². The van der Waals surface area contributed by atoms with Gasteiger partial charge in [0.2, 0.25) is 0 Å². The van der Waals surface area contributed by atoms with Gasteiger partial charge in [0.1, 0.15) is 0 Å². The average molecular weight is 432 g/mol. The molecule has 1 amide bonds. The minimum absolute atomic E-state index is 0.0328. The zero-order chi connectivity index (χ0) is 22.5. The van der Waals surface area contributed by atoms with Gasteiger partial charge in [-0.1, -0.05) is 43.7 Å². The van der Waals surface area contributed by atoms with E-state index in [2.05, 4.69) is 78.0 Å². The second-order valence-electron chi connectivity index (χ2n) is 9.22. The molecule has 2 aromatic carbocycles. The van der Waals surface area contributed by atoms with Crippen LogP contribution in [-0.4, -0.2) is 41.1 Å². The van der Waals surface area contributed by atoms with Crippen LogP contribution in [-0.2, 0) is 6.54 Å². The number of hydrogen-bond donors (Lipinski definition) is 1. The molecular weight excluding hydrogens is 394 g/mol. The van der Waals surface area contributed by atoms with Crippen molar-refractivity contribution in [3.05, 3.63) is 70.9 Å². The SMILES string of the molecule is CCC1CCCCN1CCCNC(=O)c1ccc2c(c1)c(C)c(C)n2Cc1ccccc1. The van der Waals surface area contributed by atoms with Crippen LogP contribution >= 0.6 is 0 Å². The molecule has 0 aliphatic carbocycles. The lowest BCUT2D eigenvalue weighted by molar-refractivity contribution is 0.0947. The molecule has 3 aromatic rings. The fourth-order valence-corrected chi connectivity index (χ4v) is 5.16. The molecular formula is C28H37N3O.